The molecule has 2 aromatic rings. The van der Waals surface area contributed by atoms with Gasteiger partial charge in [0, 0.05) is 61.4 Å². The van der Waals surface area contributed by atoms with Crippen LogP contribution in [0.2, 0.25) is 0 Å². The van der Waals surface area contributed by atoms with Crippen LogP contribution in [0.1, 0.15) is 50.6 Å². The second-order valence-corrected chi connectivity index (χ2v) is 9.78. The lowest BCUT2D eigenvalue weighted by Crippen LogP contribution is -2.49. The number of hydrogen-bond acceptors (Lipinski definition) is 4. The number of imide groups is 1. The Morgan fingerprint density at radius 3 is 2.58 bits per heavy atom. The molecule has 3 aliphatic rings. The van der Waals surface area contributed by atoms with Gasteiger partial charge in [-0.3, -0.25) is 15.0 Å². The smallest absolute Gasteiger partial charge is 0.328 e. The Kier molecular flexibility index (Phi) is 6.14. The van der Waals surface area contributed by atoms with Gasteiger partial charge >= 0.3 is 6.03 Å². The van der Waals surface area contributed by atoms with Crippen LogP contribution < -0.4 is 15.5 Å². The number of rotatable bonds is 5. The highest BCUT2D eigenvalue weighted by Gasteiger charge is 2.35. The summed E-state index contributed by atoms with van der Waals surface area (Å²) in [5.74, 6) is -0.220. The fourth-order valence-corrected chi connectivity index (χ4v) is 5.66. The molecule has 3 saturated heterocycles. The number of piperidine rings is 2. The van der Waals surface area contributed by atoms with Gasteiger partial charge in [0.1, 0.15) is 5.67 Å². The van der Waals surface area contributed by atoms with Crippen LogP contribution in [0, 0.1) is 0 Å². The molecule has 0 spiro atoms. The lowest BCUT2D eigenvalue weighted by molar-refractivity contribution is -0.120. The molecule has 0 aliphatic carbocycles. The first kappa shape index (κ1) is 22.3. The Morgan fingerprint density at radius 1 is 1.12 bits per heavy atom. The molecule has 0 bridgehead atoms. The third-order valence-corrected chi connectivity index (χ3v) is 7.60. The molecule has 3 aliphatic heterocycles. The molecule has 8 heteroatoms. The van der Waals surface area contributed by atoms with Gasteiger partial charge in [0.25, 0.3) is 0 Å². The van der Waals surface area contributed by atoms with E-state index in [-0.39, 0.29) is 11.9 Å². The third-order valence-electron chi connectivity index (χ3n) is 7.60. The van der Waals surface area contributed by atoms with Crippen LogP contribution in [0.3, 0.4) is 0 Å². The normalized spacial score (nSPS) is 22.7. The van der Waals surface area contributed by atoms with Crippen molar-refractivity contribution in [3.05, 3.63) is 30.0 Å². The Hall–Kier alpha value is -2.45. The van der Waals surface area contributed by atoms with E-state index in [4.69, 9.17) is 0 Å². The molecule has 3 fully saturated rings. The summed E-state index contributed by atoms with van der Waals surface area (Å²) < 4.78 is 17.5. The Bertz CT molecular complexity index is 1040. The number of fused-ring (bicyclic) bond motifs is 1. The van der Waals surface area contributed by atoms with Crippen LogP contribution in [0.5, 0.6) is 0 Å². The highest BCUT2D eigenvalue weighted by molar-refractivity contribution is 6.06. The molecule has 5 rings (SSSR count). The number of carbonyl (C=O) groups is 2. The average molecular weight is 456 g/mol. The zero-order chi connectivity index (χ0) is 23.0. The van der Waals surface area contributed by atoms with Gasteiger partial charge in [-0.1, -0.05) is 6.92 Å². The van der Waals surface area contributed by atoms with Crippen LogP contribution in [0.25, 0.3) is 10.9 Å². The molecule has 178 valence electrons. The number of nitrogens with one attached hydrogen (secondary N) is 2. The molecule has 1 aromatic heterocycles. The summed E-state index contributed by atoms with van der Waals surface area (Å²) in [6.07, 6.45) is 6.74. The van der Waals surface area contributed by atoms with Gasteiger partial charge < -0.3 is 14.8 Å². The molecule has 0 saturated carbocycles. The first-order valence-corrected chi connectivity index (χ1v) is 12.3. The summed E-state index contributed by atoms with van der Waals surface area (Å²) in [4.78, 5) is 27.8. The van der Waals surface area contributed by atoms with E-state index in [1.165, 1.54) is 16.5 Å². The largest absolute Gasteiger partial charge is 0.344 e. The first-order valence-electron chi connectivity index (χ1n) is 12.3. The van der Waals surface area contributed by atoms with E-state index < -0.39 is 5.67 Å². The third kappa shape index (κ3) is 4.51. The highest BCUT2D eigenvalue weighted by atomic mass is 19.1. The van der Waals surface area contributed by atoms with Crippen molar-refractivity contribution in [3.63, 3.8) is 0 Å². The van der Waals surface area contributed by atoms with E-state index in [0.717, 1.165) is 51.1 Å². The van der Waals surface area contributed by atoms with Gasteiger partial charge in [0.15, 0.2) is 0 Å². The molecule has 3 amide bonds. The number of amides is 3. The molecule has 7 nitrogen and oxygen atoms in total. The summed E-state index contributed by atoms with van der Waals surface area (Å²) in [5, 5.41) is 6.83. The Labute approximate surface area is 194 Å². The molecule has 33 heavy (non-hydrogen) atoms. The van der Waals surface area contributed by atoms with Crippen LogP contribution in [-0.2, 0) is 11.2 Å². The van der Waals surface area contributed by atoms with Gasteiger partial charge in [-0.25, -0.2) is 9.18 Å². The van der Waals surface area contributed by atoms with Gasteiger partial charge in [-0.05, 0) is 69.0 Å². The lowest BCUT2D eigenvalue weighted by Gasteiger charge is -2.39. The van der Waals surface area contributed by atoms with Crippen LogP contribution >= 0.6 is 0 Å². The van der Waals surface area contributed by atoms with E-state index in [1.807, 2.05) is 6.07 Å². The fraction of sp³-hybridized carbons (Fsp3) is 0.600. The molecule has 0 radical (unpaired) electrons. The molecular weight excluding hydrogens is 421 g/mol. The summed E-state index contributed by atoms with van der Waals surface area (Å²) in [6, 6.07) is 6.21. The predicted molar refractivity (Wildman–Crippen MR) is 127 cm³/mol. The van der Waals surface area contributed by atoms with Gasteiger partial charge in [0.05, 0.1) is 0 Å². The zero-order valence-corrected chi connectivity index (χ0v) is 19.4. The Balaban J connectivity index is 1.32. The predicted octanol–water partition coefficient (Wildman–Crippen LogP) is 3.38. The summed E-state index contributed by atoms with van der Waals surface area (Å²) >= 11 is 0. The van der Waals surface area contributed by atoms with Crippen molar-refractivity contribution in [2.75, 3.05) is 44.2 Å². The molecule has 4 heterocycles. The van der Waals surface area contributed by atoms with Crippen LogP contribution in [0.15, 0.2) is 24.4 Å². The van der Waals surface area contributed by atoms with E-state index in [9.17, 15) is 9.59 Å². The van der Waals surface area contributed by atoms with Gasteiger partial charge in [-0.2, -0.15) is 0 Å². The summed E-state index contributed by atoms with van der Waals surface area (Å²) in [5.41, 5.74) is 2.23. The fourth-order valence-electron chi connectivity index (χ4n) is 5.66. The maximum absolute atomic E-state index is 15.1. The number of halogens is 1. The maximum atomic E-state index is 15.1. The SMILES string of the molecule is CCc1cn(C2CCN(CC3(F)CCNCC3)CC2)c2ccc(N3CCC(=O)NC3=O)cc12. The number of hydrogen-bond donors (Lipinski definition) is 2. The van der Waals surface area contributed by atoms with Crippen molar-refractivity contribution in [1.29, 1.82) is 0 Å². The van der Waals surface area contributed by atoms with Crippen molar-refractivity contribution in [2.45, 2.75) is 57.2 Å². The number of aryl methyl sites for hydroxylation is 1. The summed E-state index contributed by atoms with van der Waals surface area (Å²) in [6.45, 7) is 6.51. The molecule has 1 aromatic carbocycles. The maximum Gasteiger partial charge on any atom is 0.328 e. The van der Waals surface area contributed by atoms with Crippen molar-refractivity contribution in [3.8, 4) is 0 Å². The number of likely N-dealkylation sites (tertiary alicyclic amines) is 1. The number of urea groups is 1. The number of alkyl halides is 1. The minimum Gasteiger partial charge on any atom is -0.344 e. The Morgan fingerprint density at radius 2 is 1.88 bits per heavy atom. The minimum atomic E-state index is -1.05. The number of carbonyl (C=O) groups excluding carboxylic acids is 2. The van der Waals surface area contributed by atoms with Crippen LogP contribution in [0.4, 0.5) is 14.9 Å². The molecule has 2 N–H and O–H groups in total. The van der Waals surface area contributed by atoms with Crippen molar-refractivity contribution >= 4 is 28.5 Å². The number of nitrogens with zero attached hydrogens (tertiary/aromatic N) is 3. The second kappa shape index (κ2) is 9.06. The highest BCUT2D eigenvalue weighted by Crippen LogP contribution is 2.34. The standard InChI is InChI=1S/C25H34FN5O2/c1-2-18-16-31(19-5-12-29(13-6-19)17-25(26)8-10-27-11-9-25)22-4-3-20(15-21(18)22)30-14-7-23(32)28-24(30)33/h3-4,15-16,19,27H,2,5-14,17H2,1H3,(H,28,32,33). The lowest BCUT2D eigenvalue weighted by atomic mass is 9.92. The van der Waals surface area contributed by atoms with E-state index >= 15 is 4.39 Å². The number of benzene rings is 1. The van der Waals surface area contributed by atoms with Crippen molar-refractivity contribution in [1.82, 2.24) is 20.1 Å². The van der Waals surface area contributed by atoms with Gasteiger partial charge in [0.2, 0.25) is 5.91 Å². The number of aromatic nitrogens is 1. The van der Waals surface area contributed by atoms with Crippen molar-refractivity contribution < 1.29 is 14.0 Å². The zero-order valence-electron chi connectivity index (χ0n) is 19.4. The molecular formula is C25H34FN5O2. The molecule has 0 unspecified atom stereocenters. The topological polar surface area (TPSA) is 69.6 Å². The van der Waals surface area contributed by atoms with Gasteiger partial charge in [-0.15, -0.1) is 0 Å². The monoisotopic (exact) mass is 455 g/mol. The minimum absolute atomic E-state index is 0.220. The first-order chi connectivity index (χ1) is 16.0. The number of anilines is 1. The average Bonchev–Trinajstić information content (AvgIpc) is 3.18. The van der Waals surface area contributed by atoms with E-state index in [1.54, 1.807) is 4.90 Å². The van der Waals surface area contributed by atoms with E-state index in [2.05, 4.69) is 45.4 Å². The molecule has 0 atom stereocenters. The van der Waals surface area contributed by atoms with Crippen molar-refractivity contribution in [2.24, 2.45) is 0 Å². The second-order valence-electron chi connectivity index (χ2n) is 9.78. The summed E-state index contributed by atoms with van der Waals surface area (Å²) in [7, 11) is 0. The van der Waals surface area contributed by atoms with E-state index in [0.29, 0.717) is 38.4 Å². The van der Waals surface area contributed by atoms with Crippen LogP contribution in [-0.4, -0.2) is 66.3 Å². The quantitative estimate of drug-likeness (QED) is 0.725.